The number of hydrogen-bond acceptors (Lipinski definition) is 1. The van der Waals surface area contributed by atoms with Crippen molar-refractivity contribution in [1.29, 1.82) is 0 Å². The van der Waals surface area contributed by atoms with E-state index in [1.807, 2.05) is 6.92 Å². The van der Waals surface area contributed by atoms with Crippen LogP contribution in [0.5, 0.6) is 0 Å². The van der Waals surface area contributed by atoms with Gasteiger partial charge in [0.2, 0.25) is 0 Å². The van der Waals surface area contributed by atoms with Crippen LogP contribution in [0.4, 0.5) is 0 Å². The van der Waals surface area contributed by atoms with Crippen LogP contribution < -0.4 is 5.73 Å². The highest BCUT2D eigenvalue weighted by Gasteiger charge is 2.53. The molecule has 162 valence electrons. The predicted octanol–water partition coefficient (Wildman–Crippen LogP) is 7.69. The van der Waals surface area contributed by atoms with Crippen LogP contribution in [-0.2, 0) is 5.41 Å². The van der Waals surface area contributed by atoms with Crippen molar-refractivity contribution < 1.29 is 0 Å². The van der Waals surface area contributed by atoms with Crippen LogP contribution in [0.1, 0.15) is 48.9 Å². The van der Waals surface area contributed by atoms with Gasteiger partial charge in [0, 0.05) is 5.70 Å². The highest BCUT2D eigenvalue weighted by atomic mass is 14.6. The minimum Gasteiger partial charge on any atom is -0.402 e. The third-order valence-electron chi connectivity index (χ3n) is 7.71. The normalized spacial score (nSPS) is 25.0. The minimum atomic E-state index is -0.289. The summed E-state index contributed by atoms with van der Waals surface area (Å²) in [5, 5.41) is 2.63. The van der Waals surface area contributed by atoms with Crippen LogP contribution in [0, 0.1) is 5.92 Å². The van der Waals surface area contributed by atoms with Crippen LogP contribution in [-0.4, -0.2) is 0 Å². The largest absolute Gasteiger partial charge is 0.402 e. The Labute approximate surface area is 196 Å². The molecular formula is C32H29N. The van der Waals surface area contributed by atoms with E-state index in [9.17, 15) is 0 Å². The van der Waals surface area contributed by atoms with Crippen LogP contribution in [0.15, 0.2) is 108 Å². The molecule has 0 heterocycles. The first-order valence-electron chi connectivity index (χ1n) is 11.9. The molecule has 6 rings (SSSR count). The van der Waals surface area contributed by atoms with Crippen LogP contribution in [0.2, 0.25) is 0 Å². The number of fused-ring (bicyclic) bond motifs is 8. The van der Waals surface area contributed by atoms with Gasteiger partial charge >= 0.3 is 0 Å². The smallest absolute Gasteiger partial charge is 0.0651 e. The Bertz CT molecular complexity index is 1450. The predicted molar refractivity (Wildman–Crippen MR) is 141 cm³/mol. The first kappa shape index (κ1) is 20.1. The summed E-state index contributed by atoms with van der Waals surface area (Å²) in [6.07, 6.45) is 11.0. The number of allylic oxidation sites excluding steroid dienone is 9. The molecule has 0 bridgehead atoms. The summed E-state index contributed by atoms with van der Waals surface area (Å²) in [7, 11) is 0. The molecule has 1 spiro atoms. The number of rotatable bonds is 1. The Kier molecular flexibility index (Phi) is 4.39. The van der Waals surface area contributed by atoms with Crippen molar-refractivity contribution in [1.82, 2.24) is 0 Å². The van der Waals surface area contributed by atoms with E-state index in [0.717, 1.165) is 18.5 Å². The fraction of sp³-hybridized carbons (Fsp3) is 0.188. The van der Waals surface area contributed by atoms with Gasteiger partial charge in [-0.25, -0.2) is 0 Å². The molecule has 3 aliphatic rings. The maximum absolute atomic E-state index is 6.12. The molecule has 2 N–H and O–H groups in total. The summed E-state index contributed by atoms with van der Waals surface area (Å²) < 4.78 is 0. The van der Waals surface area contributed by atoms with Gasteiger partial charge in [-0.15, -0.1) is 0 Å². The molecule has 3 aliphatic carbocycles. The van der Waals surface area contributed by atoms with E-state index in [0.29, 0.717) is 5.92 Å². The lowest BCUT2D eigenvalue weighted by molar-refractivity contribution is 0.564. The Hall–Kier alpha value is -3.58. The summed E-state index contributed by atoms with van der Waals surface area (Å²) >= 11 is 0. The zero-order valence-electron chi connectivity index (χ0n) is 19.4. The molecule has 1 nitrogen and oxygen atoms in total. The van der Waals surface area contributed by atoms with Crippen molar-refractivity contribution in [2.75, 3.05) is 0 Å². The molecule has 0 fully saturated rings. The van der Waals surface area contributed by atoms with Crippen LogP contribution in [0.25, 0.3) is 21.9 Å². The molecule has 33 heavy (non-hydrogen) atoms. The Morgan fingerprint density at radius 2 is 1.82 bits per heavy atom. The minimum absolute atomic E-state index is 0.289. The zero-order chi connectivity index (χ0) is 22.7. The fourth-order valence-electron chi connectivity index (χ4n) is 6.47. The molecule has 0 radical (unpaired) electrons. The lowest BCUT2D eigenvalue weighted by Gasteiger charge is -2.45. The van der Waals surface area contributed by atoms with Gasteiger partial charge in [0.15, 0.2) is 0 Å². The highest BCUT2D eigenvalue weighted by Crippen LogP contribution is 2.63. The van der Waals surface area contributed by atoms with Gasteiger partial charge in [0.05, 0.1) is 5.41 Å². The van der Waals surface area contributed by atoms with E-state index >= 15 is 0 Å². The van der Waals surface area contributed by atoms with E-state index in [1.165, 1.54) is 55.3 Å². The second kappa shape index (κ2) is 7.22. The van der Waals surface area contributed by atoms with Gasteiger partial charge in [-0.05, 0) is 87.1 Å². The van der Waals surface area contributed by atoms with Crippen LogP contribution >= 0.6 is 0 Å². The summed E-state index contributed by atoms with van der Waals surface area (Å²) in [6, 6.07) is 22.4. The first-order chi connectivity index (χ1) is 16.0. The fourth-order valence-corrected chi connectivity index (χ4v) is 6.47. The van der Waals surface area contributed by atoms with E-state index in [4.69, 9.17) is 5.73 Å². The molecule has 0 aliphatic heterocycles. The third-order valence-corrected chi connectivity index (χ3v) is 7.71. The molecular weight excluding hydrogens is 398 g/mol. The summed E-state index contributed by atoms with van der Waals surface area (Å²) in [5.41, 5.74) is 17.6. The average molecular weight is 428 g/mol. The standard InChI is InChI=1S/C32H29N/c1-20-9-8-13-27-30-26-12-5-4-10-23(26)16-18-29(30)32(31(20)27)24(17-15-22(3)33)19-21(2)25-11-6-7-14-28(25)32/h4-8,10-18,20H,2,9,19,33H2,1,3H3/b22-15+,24-17+. The van der Waals surface area contributed by atoms with Crippen molar-refractivity contribution in [3.05, 3.63) is 131 Å². The summed E-state index contributed by atoms with van der Waals surface area (Å²) in [6.45, 7) is 8.85. The molecule has 0 aromatic heterocycles. The van der Waals surface area contributed by atoms with Crippen molar-refractivity contribution in [3.8, 4) is 0 Å². The Balaban J connectivity index is 1.83. The zero-order valence-corrected chi connectivity index (χ0v) is 19.4. The molecule has 3 aromatic carbocycles. The molecule has 2 unspecified atom stereocenters. The van der Waals surface area contributed by atoms with E-state index in [2.05, 4.69) is 98.5 Å². The van der Waals surface area contributed by atoms with E-state index in [-0.39, 0.29) is 5.41 Å². The maximum atomic E-state index is 6.12. The highest BCUT2D eigenvalue weighted by molar-refractivity contribution is 6.04. The Morgan fingerprint density at radius 1 is 1.03 bits per heavy atom. The average Bonchev–Trinajstić information content (AvgIpc) is 3.13. The second-order valence-electron chi connectivity index (χ2n) is 9.75. The summed E-state index contributed by atoms with van der Waals surface area (Å²) in [5.74, 6) is 0.446. The lowest BCUT2D eigenvalue weighted by atomic mass is 9.57. The molecule has 0 saturated carbocycles. The van der Waals surface area contributed by atoms with Gasteiger partial charge < -0.3 is 5.73 Å². The molecule has 3 aromatic rings. The lowest BCUT2D eigenvalue weighted by Crippen LogP contribution is -2.37. The van der Waals surface area contributed by atoms with Crippen molar-refractivity contribution >= 4 is 21.9 Å². The third kappa shape index (κ3) is 2.66. The molecule has 0 amide bonds. The van der Waals surface area contributed by atoms with Crippen LogP contribution in [0.3, 0.4) is 0 Å². The van der Waals surface area contributed by atoms with E-state index in [1.54, 1.807) is 0 Å². The quantitative estimate of drug-likeness (QED) is 0.423. The second-order valence-corrected chi connectivity index (χ2v) is 9.75. The van der Waals surface area contributed by atoms with Gasteiger partial charge in [0.25, 0.3) is 0 Å². The van der Waals surface area contributed by atoms with Gasteiger partial charge in [-0.2, -0.15) is 0 Å². The molecule has 2 atom stereocenters. The van der Waals surface area contributed by atoms with Crippen molar-refractivity contribution in [2.24, 2.45) is 11.7 Å². The van der Waals surface area contributed by atoms with Gasteiger partial charge in [-0.3, -0.25) is 0 Å². The number of hydrogen-bond donors (Lipinski definition) is 1. The topological polar surface area (TPSA) is 26.0 Å². The Morgan fingerprint density at radius 3 is 2.67 bits per heavy atom. The van der Waals surface area contributed by atoms with Gasteiger partial charge in [-0.1, -0.05) is 92.4 Å². The number of benzene rings is 3. The van der Waals surface area contributed by atoms with Crippen molar-refractivity contribution in [3.63, 3.8) is 0 Å². The monoisotopic (exact) mass is 427 g/mol. The van der Waals surface area contributed by atoms with Crippen molar-refractivity contribution in [2.45, 2.75) is 32.1 Å². The summed E-state index contributed by atoms with van der Waals surface area (Å²) in [4.78, 5) is 0. The first-order valence-corrected chi connectivity index (χ1v) is 11.9. The maximum Gasteiger partial charge on any atom is 0.0651 e. The molecule has 0 saturated heterocycles. The van der Waals surface area contributed by atoms with Gasteiger partial charge in [0.1, 0.15) is 0 Å². The number of nitrogens with two attached hydrogens (primary N) is 1. The molecule has 1 heteroatoms. The SMILES string of the molecule is C=C1C/C(=C\C=C(/C)N)C2(C3=C(C=CCC3C)c3c2ccc2ccccc32)c2ccccc21. The van der Waals surface area contributed by atoms with E-state index < -0.39 is 0 Å².